The number of anilines is 1. The molecule has 1 amide bonds. The molecule has 0 saturated carbocycles. The van der Waals surface area contributed by atoms with Gasteiger partial charge in [-0.05, 0) is 66.8 Å². The first-order valence-corrected chi connectivity index (χ1v) is 10.3. The first-order valence-electron chi connectivity index (χ1n) is 9.92. The average molecular weight is 464 g/mol. The van der Waals surface area contributed by atoms with Crippen LogP contribution < -0.4 is 25.1 Å². The van der Waals surface area contributed by atoms with Crippen molar-refractivity contribution in [2.45, 2.75) is 0 Å². The number of ether oxygens (including phenoxy) is 3. The van der Waals surface area contributed by atoms with Crippen molar-refractivity contribution in [3.05, 3.63) is 81.4 Å². The third-order valence-corrected chi connectivity index (χ3v) is 5.43. The molecular formula is C24H21N3O5S. The number of aromatic amines is 1. The summed E-state index contributed by atoms with van der Waals surface area (Å²) in [5.41, 5.74) is 1.58. The van der Waals surface area contributed by atoms with Gasteiger partial charge in [-0.25, -0.2) is 0 Å². The van der Waals surface area contributed by atoms with Gasteiger partial charge in [0, 0.05) is 11.6 Å². The Labute approximate surface area is 194 Å². The molecule has 0 aliphatic rings. The van der Waals surface area contributed by atoms with E-state index in [4.69, 9.17) is 26.4 Å². The van der Waals surface area contributed by atoms with Crippen LogP contribution in [0, 0.1) is 4.77 Å². The van der Waals surface area contributed by atoms with E-state index < -0.39 is 0 Å². The fourth-order valence-electron chi connectivity index (χ4n) is 3.43. The van der Waals surface area contributed by atoms with Crippen LogP contribution in [-0.4, -0.2) is 36.8 Å². The number of carbonyl (C=O) groups excluding carboxylic acids is 1. The van der Waals surface area contributed by atoms with Crippen LogP contribution in [0.5, 0.6) is 17.2 Å². The molecule has 0 bridgehead atoms. The summed E-state index contributed by atoms with van der Waals surface area (Å²) in [6.45, 7) is 0. The Morgan fingerprint density at radius 1 is 0.909 bits per heavy atom. The number of benzene rings is 3. The lowest BCUT2D eigenvalue weighted by atomic mass is 10.1. The van der Waals surface area contributed by atoms with Crippen molar-refractivity contribution >= 4 is 34.7 Å². The number of aromatic nitrogens is 2. The van der Waals surface area contributed by atoms with Gasteiger partial charge in [-0.15, -0.1) is 0 Å². The first-order chi connectivity index (χ1) is 15.9. The number of nitrogens with zero attached hydrogens (tertiary/aromatic N) is 1. The van der Waals surface area contributed by atoms with Gasteiger partial charge in [0.2, 0.25) is 0 Å². The highest BCUT2D eigenvalue weighted by Crippen LogP contribution is 2.29. The lowest BCUT2D eigenvalue weighted by Crippen LogP contribution is -2.21. The number of rotatable bonds is 6. The van der Waals surface area contributed by atoms with E-state index in [1.807, 2.05) is 0 Å². The zero-order valence-electron chi connectivity index (χ0n) is 18.2. The molecule has 3 aromatic carbocycles. The molecule has 4 rings (SSSR count). The largest absolute Gasteiger partial charge is 0.497 e. The molecule has 0 fully saturated rings. The van der Waals surface area contributed by atoms with Gasteiger partial charge in [0.15, 0.2) is 4.77 Å². The summed E-state index contributed by atoms with van der Waals surface area (Å²) in [7, 11) is 4.63. The summed E-state index contributed by atoms with van der Waals surface area (Å²) >= 11 is 5.43. The number of hydrogen-bond acceptors (Lipinski definition) is 6. The van der Waals surface area contributed by atoms with Crippen molar-refractivity contribution in [3.8, 4) is 22.9 Å². The van der Waals surface area contributed by atoms with E-state index in [1.54, 1.807) is 67.8 Å². The van der Waals surface area contributed by atoms with Crippen LogP contribution in [0.4, 0.5) is 5.69 Å². The molecule has 8 nitrogen and oxygen atoms in total. The normalized spacial score (nSPS) is 10.6. The standard InChI is InChI=1S/C24H21N3O5S/c1-30-16-7-5-15(6-8-16)27-23(29)18-10-4-14(12-19(18)26-24(27)33)22(28)25-20-13-17(31-2)9-11-21(20)32-3/h4-13H,1-3H3,(H,25,28)(H,26,33). The number of methoxy groups -OCH3 is 3. The Balaban J connectivity index is 1.71. The van der Waals surface area contributed by atoms with Crippen LogP contribution in [0.1, 0.15) is 10.4 Å². The van der Waals surface area contributed by atoms with E-state index in [1.165, 1.54) is 18.8 Å². The molecule has 1 heterocycles. The van der Waals surface area contributed by atoms with E-state index in [-0.39, 0.29) is 16.2 Å². The molecule has 4 aromatic rings. The Morgan fingerprint density at radius 3 is 2.27 bits per heavy atom. The third kappa shape index (κ3) is 4.31. The minimum atomic E-state index is -0.373. The fourth-order valence-corrected chi connectivity index (χ4v) is 3.73. The van der Waals surface area contributed by atoms with Crippen molar-refractivity contribution in [1.29, 1.82) is 0 Å². The third-order valence-electron chi connectivity index (χ3n) is 5.15. The van der Waals surface area contributed by atoms with E-state index in [2.05, 4.69) is 10.3 Å². The Morgan fingerprint density at radius 2 is 1.61 bits per heavy atom. The predicted octanol–water partition coefficient (Wildman–Crippen LogP) is 4.33. The van der Waals surface area contributed by atoms with Crippen molar-refractivity contribution in [3.63, 3.8) is 0 Å². The van der Waals surface area contributed by atoms with Gasteiger partial charge in [-0.3, -0.25) is 14.2 Å². The van der Waals surface area contributed by atoms with Crippen LogP contribution in [-0.2, 0) is 0 Å². The van der Waals surface area contributed by atoms with E-state index in [0.29, 0.717) is 45.1 Å². The number of nitrogens with one attached hydrogen (secondary N) is 2. The lowest BCUT2D eigenvalue weighted by molar-refractivity contribution is 0.102. The highest BCUT2D eigenvalue weighted by Gasteiger charge is 2.14. The van der Waals surface area contributed by atoms with Gasteiger partial charge in [0.25, 0.3) is 11.5 Å². The molecular weight excluding hydrogens is 442 g/mol. The fraction of sp³-hybridized carbons (Fsp3) is 0.125. The summed E-state index contributed by atoms with van der Waals surface area (Å²) in [6.07, 6.45) is 0. The number of fused-ring (bicyclic) bond motifs is 1. The van der Waals surface area contributed by atoms with Gasteiger partial charge >= 0.3 is 0 Å². The van der Waals surface area contributed by atoms with Gasteiger partial charge < -0.3 is 24.5 Å². The van der Waals surface area contributed by atoms with Gasteiger partial charge in [-0.1, -0.05) is 0 Å². The summed E-state index contributed by atoms with van der Waals surface area (Å²) in [4.78, 5) is 29.1. The van der Waals surface area contributed by atoms with Crippen LogP contribution in [0.15, 0.2) is 65.5 Å². The molecule has 0 saturated heterocycles. The zero-order valence-corrected chi connectivity index (χ0v) is 19.0. The van der Waals surface area contributed by atoms with Crippen LogP contribution in [0.25, 0.3) is 16.6 Å². The van der Waals surface area contributed by atoms with E-state index in [0.717, 1.165) is 0 Å². The second kappa shape index (κ2) is 9.17. The lowest BCUT2D eigenvalue weighted by Gasteiger charge is -2.12. The number of hydrogen-bond donors (Lipinski definition) is 2. The van der Waals surface area contributed by atoms with Gasteiger partial charge in [0.05, 0.1) is 43.6 Å². The Bertz CT molecular complexity index is 1460. The Kier molecular flexibility index (Phi) is 6.14. The maximum Gasteiger partial charge on any atom is 0.266 e. The minimum absolute atomic E-state index is 0.213. The summed E-state index contributed by atoms with van der Waals surface area (Å²) < 4.78 is 17.3. The Hall–Kier alpha value is -4.11. The second-order valence-corrected chi connectivity index (χ2v) is 7.44. The molecule has 33 heavy (non-hydrogen) atoms. The highest BCUT2D eigenvalue weighted by atomic mass is 32.1. The molecule has 9 heteroatoms. The SMILES string of the molecule is COc1ccc(-n2c(=S)[nH]c3cc(C(=O)Nc4cc(OC)ccc4OC)ccc3c2=O)cc1. The van der Waals surface area contributed by atoms with Crippen LogP contribution >= 0.6 is 12.2 Å². The quantitative estimate of drug-likeness (QED) is 0.414. The molecule has 0 unspecified atom stereocenters. The molecule has 0 atom stereocenters. The maximum absolute atomic E-state index is 13.1. The zero-order chi connectivity index (χ0) is 23.5. The summed E-state index contributed by atoms with van der Waals surface area (Å²) in [6, 6.07) is 16.9. The highest BCUT2D eigenvalue weighted by molar-refractivity contribution is 7.71. The minimum Gasteiger partial charge on any atom is -0.497 e. The predicted molar refractivity (Wildman–Crippen MR) is 129 cm³/mol. The molecule has 0 aliphatic heterocycles. The van der Waals surface area contributed by atoms with Crippen molar-refractivity contribution in [1.82, 2.24) is 9.55 Å². The smallest absolute Gasteiger partial charge is 0.266 e. The van der Waals surface area contributed by atoms with Gasteiger partial charge in [-0.2, -0.15) is 0 Å². The van der Waals surface area contributed by atoms with Crippen molar-refractivity contribution in [2.24, 2.45) is 0 Å². The molecule has 1 aromatic heterocycles. The molecule has 0 radical (unpaired) electrons. The molecule has 0 spiro atoms. The van der Waals surface area contributed by atoms with Crippen LogP contribution in [0.2, 0.25) is 0 Å². The van der Waals surface area contributed by atoms with E-state index >= 15 is 0 Å². The monoisotopic (exact) mass is 463 g/mol. The summed E-state index contributed by atoms with van der Waals surface area (Å²) in [5.74, 6) is 1.37. The number of carbonyl (C=O) groups is 1. The number of amides is 1. The molecule has 2 N–H and O–H groups in total. The maximum atomic E-state index is 13.1. The van der Waals surface area contributed by atoms with E-state index in [9.17, 15) is 9.59 Å². The van der Waals surface area contributed by atoms with Crippen LogP contribution in [0.3, 0.4) is 0 Å². The first kappa shape index (κ1) is 22.1. The topological polar surface area (TPSA) is 94.6 Å². The van der Waals surface area contributed by atoms with Gasteiger partial charge in [0.1, 0.15) is 17.2 Å². The molecule has 0 aliphatic carbocycles. The second-order valence-electron chi connectivity index (χ2n) is 7.05. The van der Waals surface area contributed by atoms with Crippen molar-refractivity contribution < 1.29 is 19.0 Å². The van der Waals surface area contributed by atoms with Crippen molar-refractivity contribution in [2.75, 3.05) is 26.6 Å². The molecule has 168 valence electrons. The summed E-state index contributed by atoms with van der Waals surface area (Å²) in [5, 5.41) is 3.21. The average Bonchev–Trinajstić information content (AvgIpc) is 2.84. The number of H-pyrrole nitrogens is 1.